The first-order chi connectivity index (χ1) is 7.91. The first-order valence-corrected chi connectivity index (χ1v) is 6.17. The molecule has 1 heterocycles. The molecule has 1 aliphatic heterocycles. The lowest BCUT2D eigenvalue weighted by molar-refractivity contribution is -0.140. The van der Waals surface area contributed by atoms with Gasteiger partial charge in [-0.2, -0.15) is 0 Å². The summed E-state index contributed by atoms with van der Waals surface area (Å²) in [5.41, 5.74) is 0. The number of hydrogen-bond acceptors (Lipinski definition) is 2. The van der Waals surface area contributed by atoms with Crippen molar-refractivity contribution in [3.8, 4) is 0 Å². The summed E-state index contributed by atoms with van der Waals surface area (Å²) >= 11 is 0. The third-order valence-electron chi connectivity index (χ3n) is 3.44. The van der Waals surface area contributed by atoms with E-state index in [1.54, 1.807) is 11.8 Å². The molecule has 1 aliphatic rings. The quantitative estimate of drug-likeness (QED) is 0.782. The zero-order valence-electron chi connectivity index (χ0n) is 10.8. The van der Waals surface area contributed by atoms with Crippen molar-refractivity contribution in [1.82, 2.24) is 10.2 Å². The van der Waals surface area contributed by atoms with Gasteiger partial charge in [0.25, 0.3) is 0 Å². The van der Waals surface area contributed by atoms with Crippen LogP contribution in [0.1, 0.15) is 27.2 Å². The molecule has 1 saturated heterocycles. The van der Waals surface area contributed by atoms with Gasteiger partial charge in [-0.1, -0.05) is 20.8 Å². The van der Waals surface area contributed by atoms with Gasteiger partial charge in [0, 0.05) is 19.6 Å². The Hall–Kier alpha value is -1.26. The van der Waals surface area contributed by atoms with Crippen molar-refractivity contribution in [3.63, 3.8) is 0 Å². The number of rotatable bonds is 4. The number of nitrogens with one attached hydrogen (secondary N) is 1. The van der Waals surface area contributed by atoms with Crippen molar-refractivity contribution < 1.29 is 14.7 Å². The highest BCUT2D eigenvalue weighted by atomic mass is 16.4. The monoisotopic (exact) mass is 242 g/mol. The van der Waals surface area contributed by atoms with Gasteiger partial charge in [-0.05, 0) is 18.3 Å². The molecule has 0 spiro atoms. The summed E-state index contributed by atoms with van der Waals surface area (Å²) in [6.07, 6.45) is 1.04. The van der Waals surface area contributed by atoms with Gasteiger partial charge in [0.1, 0.15) is 0 Å². The Morgan fingerprint density at radius 3 is 2.53 bits per heavy atom. The third kappa shape index (κ3) is 3.91. The zero-order valence-corrected chi connectivity index (χ0v) is 10.8. The number of amides is 2. The molecular formula is C12H22N2O3. The lowest BCUT2D eigenvalue weighted by Gasteiger charge is -2.19. The van der Waals surface area contributed by atoms with E-state index in [-0.39, 0.29) is 12.6 Å². The van der Waals surface area contributed by atoms with Crippen LogP contribution in [0, 0.1) is 17.8 Å². The van der Waals surface area contributed by atoms with E-state index < -0.39 is 11.9 Å². The van der Waals surface area contributed by atoms with Crippen molar-refractivity contribution in [1.29, 1.82) is 0 Å². The standard InChI is InChI=1S/C12H22N2O3/c1-8(2)10-4-5-14(7-10)12(17)13-6-9(3)11(15)16/h8-10H,4-7H2,1-3H3,(H,13,17)(H,15,16). The molecule has 0 saturated carbocycles. The molecule has 2 N–H and O–H groups in total. The fraction of sp³-hybridized carbons (Fsp3) is 0.833. The number of hydrogen-bond donors (Lipinski definition) is 2. The van der Waals surface area contributed by atoms with Crippen LogP contribution in [0.2, 0.25) is 0 Å². The number of carbonyl (C=O) groups is 2. The minimum absolute atomic E-state index is 0.138. The summed E-state index contributed by atoms with van der Waals surface area (Å²) in [5.74, 6) is -0.266. The summed E-state index contributed by atoms with van der Waals surface area (Å²) in [4.78, 5) is 24.1. The molecule has 2 atom stereocenters. The van der Waals surface area contributed by atoms with Crippen molar-refractivity contribution >= 4 is 12.0 Å². The van der Waals surface area contributed by atoms with Crippen LogP contribution < -0.4 is 5.32 Å². The second kappa shape index (κ2) is 5.89. The van der Waals surface area contributed by atoms with Gasteiger partial charge >= 0.3 is 12.0 Å². The molecule has 2 amide bonds. The lowest BCUT2D eigenvalue weighted by Crippen LogP contribution is -2.41. The van der Waals surface area contributed by atoms with Crippen LogP contribution in [0.4, 0.5) is 4.79 Å². The van der Waals surface area contributed by atoms with Crippen LogP contribution in [-0.2, 0) is 4.79 Å². The number of likely N-dealkylation sites (tertiary alicyclic amines) is 1. The minimum atomic E-state index is -0.883. The predicted octanol–water partition coefficient (Wildman–Crippen LogP) is 1.39. The zero-order chi connectivity index (χ0) is 13.0. The van der Waals surface area contributed by atoms with Crippen molar-refractivity contribution in [2.45, 2.75) is 27.2 Å². The maximum atomic E-state index is 11.8. The van der Waals surface area contributed by atoms with Crippen LogP contribution in [0.25, 0.3) is 0 Å². The number of carbonyl (C=O) groups excluding carboxylic acids is 1. The van der Waals surface area contributed by atoms with Crippen LogP contribution >= 0.6 is 0 Å². The average molecular weight is 242 g/mol. The van der Waals surface area contributed by atoms with Crippen LogP contribution in [0.5, 0.6) is 0 Å². The largest absolute Gasteiger partial charge is 0.481 e. The van der Waals surface area contributed by atoms with Crippen molar-refractivity contribution in [2.24, 2.45) is 17.8 Å². The molecule has 2 unspecified atom stereocenters. The smallest absolute Gasteiger partial charge is 0.317 e. The minimum Gasteiger partial charge on any atom is -0.481 e. The Morgan fingerprint density at radius 2 is 2.06 bits per heavy atom. The summed E-state index contributed by atoms with van der Waals surface area (Å²) in [6, 6.07) is -0.138. The topological polar surface area (TPSA) is 69.6 Å². The molecule has 1 rings (SSSR count). The summed E-state index contributed by atoms with van der Waals surface area (Å²) in [5, 5.41) is 11.4. The van der Waals surface area contributed by atoms with E-state index in [1.165, 1.54) is 0 Å². The summed E-state index contributed by atoms with van der Waals surface area (Å²) in [6.45, 7) is 7.67. The molecule has 5 heteroatoms. The molecule has 17 heavy (non-hydrogen) atoms. The van der Waals surface area contributed by atoms with E-state index in [1.807, 2.05) is 0 Å². The first kappa shape index (κ1) is 13.8. The molecule has 0 aromatic carbocycles. The predicted molar refractivity (Wildman–Crippen MR) is 64.7 cm³/mol. The number of nitrogens with zero attached hydrogens (tertiary/aromatic N) is 1. The molecule has 0 bridgehead atoms. The SMILES string of the molecule is CC(CNC(=O)N1CCC(C(C)C)C1)C(=O)O. The number of carboxylic acid groups (broad SMARTS) is 1. The number of aliphatic carboxylic acids is 1. The van der Waals surface area contributed by atoms with Gasteiger partial charge in [-0.25, -0.2) is 4.79 Å². The van der Waals surface area contributed by atoms with Crippen molar-refractivity contribution in [3.05, 3.63) is 0 Å². The molecule has 1 fully saturated rings. The summed E-state index contributed by atoms with van der Waals surface area (Å²) < 4.78 is 0. The van der Waals surface area contributed by atoms with E-state index >= 15 is 0 Å². The Kier molecular flexibility index (Phi) is 4.78. The maximum absolute atomic E-state index is 11.8. The molecular weight excluding hydrogens is 220 g/mol. The highest BCUT2D eigenvalue weighted by Gasteiger charge is 2.28. The summed E-state index contributed by atoms with van der Waals surface area (Å²) in [7, 11) is 0. The highest BCUT2D eigenvalue weighted by molar-refractivity contribution is 5.76. The van der Waals surface area contributed by atoms with Gasteiger partial charge in [0.05, 0.1) is 5.92 Å². The molecule has 0 radical (unpaired) electrons. The van der Waals surface area contributed by atoms with Crippen LogP contribution in [0.15, 0.2) is 0 Å². The van der Waals surface area contributed by atoms with Gasteiger partial charge in [-0.15, -0.1) is 0 Å². The average Bonchev–Trinajstić information content (AvgIpc) is 2.74. The molecule has 0 aromatic rings. The van der Waals surface area contributed by atoms with E-state index in [0.717, 1.165) is 19.5 Å². The van der Waals surface area contributed by atoms with E-state index in [9.17, 15) is 9.59 Å². The van der Waals surface area contributed by atoms with E-state index in [4.69, 9.17) is 5.11 Å². The molecule has 5 nitrogen and oxygen atoms in total. The first-order valence-electron chi connectivity index (χ1n) is 6.17. The second-order valence-corrected chi connectivity index (χ2v) is 5.16. The maximum Gasteiger partial charge on any atom is 0.317 e. The van der Waals surface area contributed by atoms with Gasteiger partial charge < -0.3 is 15.3 Å². The van der Waals surface area contributed by atoms with Gasteiger partial charge in [-0.3, -0.25) is 4.79 Å². The normalized spacial score (nSPS) is 21.6. The van der Waals surface area contributed by atoms with Crippen LogP contribution in [0.3, 0.4) is 0 Å². The Balaban J connectivity index is 2.32. The molecule has 0 aliphatic carbocycles. The Morgan fingerprint density at radius 1 is 1.41 bits per heavy atom. The van der Waals surface area contributed by atoms with Crippen LogP contribution in [-0.4, -0.2) is 41.6 Å². The van der Waals surface area contributed by atoms with E-state index in [2.05, 4.69) is 19.2 Å². The molecule has 0 aromatic heterocycles. The lowest BCUT2D eigenvalue weighted by atomic mass is 9.95. The second-order valence-electron chi connectivity index (χ2n) is 5.16. The molecule has 98 valence electrons. The highest BCUT2D eigenvalue weighted by Crippen LogP contribution is 2.23. The van der Waals surface area contributed by atoms with E-state index in [0.29, 0.717) is 11.8 Å². The Labute approximate surface area is 102 Å². The fourth-order valence-corrected chi connectivity index (χ4v) is 1.96. The third-order valence-corrected chi connectivity index (χ3v) is 3.44. The Bertz CT molecular complexity index is 291. The van der Waals surface area contributed by atoms with Crippen molar-refractivity contribution in [2.75, 3.05) is 19.6 Å². The number of carboxylic acids is 1. The number of urea groups is 1. The fourth-order valence-electron chi connectivity index (χ4n) is 1.96. The van der Waals surface area contributed by atoms with Gasteiger partial charge in [0.15, 0.2) is 0 Å². The van der Waals surface area contributed by atoms with Gasteiger partial charge in [0.2, 0.25) is 0 Å².